The van der Waals surface area contributed by atoms with E-state index in [9.17, 15) is 0 Å². The van der Waals surface area contributed by atoms with Crippen molar-refractivity contribution >= 4 is 12.6 Å². The molecule has 0 aromatic carbocycles. The van der Waals surface area contributed by atoms with Crippen LogP contribution in [-0.4, -0.2) is 36.2 Å². The topological polar surface area (TPSA) is 38.5 Å². The quantitative estimate of drug-likeness (QED) is 0.417. The first-order chi connectivity index (χ1) is 4.70. The van der Waals surface area contributed by atoms with Crippen LogP contribution >= 0.6 is 12.6 Å². The molecule has 2 atom stereocenters. The monoisotopic (exact) mass is 162 g/mol. The summed E-state index contributed by atoms with van der Waals surface area (Å²) in [6.45, 7) is 4.61. The largest absolute Gasteiger partial charge is 0.376 e. The van der Waals surface area contributed by atoms with Crippen LogP contribution in [0.25, 0.3) is 0 Å². The van der Waals surface area contributed by atoms with Gasteiger partial charge in [0, 0.05) is 13.1 Å². The fourth-order valence-corrected chi connectivity index (χ4v) is 1.30. The highest BCUT2D eigenvalue weighted by molar-refractivity contribution is 7.80. The maximum Gasteiger partial charge on any atom is 0.103 e. The third-order valence-corrected chi connectivity index (χ3v) is 1.97. The zero-order valence-corrected chi connectivity index (χ0v) is 7.05. The number of ether oxygens (including phenoxy) is 1. The van der Waals surface area contributed by atoms with Gasteiger partial charge in [0.2, 0.25) is 0 Å². The Bertz CT molecular complexity index is 110. The van der Waals surface area contributed by atoms with Crippen LogP contribution in [0.2, 0.25) is 0 Å². The lowest BCUT2D eigenvalue weighted by Gasteiger charge is -2.32. The summed E-state index contributed by atoms with van der Waals surface area (Å²) < 4.78 is 5.33. The van der Waals surface area contributed by atoms with Gasteiger partial charge in [0.15, 0.2) is 0 Å². The number of hydrogen-bond acceptors (Lipinski definition) is 4. The van der Waals surface area contributed by atoms with E-state index in [1.165, 1.54) is 0 Å². The third kappa shape index (κ3) is 2.12. The molecule has 0 bridgehead atoms. The van der Waals surface area contributed by atoms with Crippen molar-refractivity contribution in [2.24, 2.45) is 5.73 Å². The molecule has 1 fully saturated rings. The van der Waals surface area contributed by atoms with Crippen LogP contribution in [0.1, 0.15) is 6.92 Å². The third-order valence-electron chi connectivity index (χ3n) is 1.65. The highest BCUT2D eigenvalue weighted by atomic mass is 32.1. The minimum atomic E-state index is -0.133. The van der Waals surface area contributed by atoms with Crippen molar-refractivity contribution in [3.05, 3.63) is 0 Å². The van der Waals surface area contributed by atoms with Crippen molar-refractivity contribution in [1.82, 2.24) is 4.90 Å². The van der Waals surface area contributed by atoms with Crippen LogP contribution in [0, 0.1) is 0 Å². The smallest absolute Gasteiger partial charge is 0.103 e. The molecule has 1 heterocycles. The molecule has 60 valence electrons. The Morgan fingerprint density at radius 3 is 2.90 bits per heavy atom. The molecule has 0 amide bonds. The summed E-state index contributed by atoms with van der Waals surface area (Å²) in [7, 11) is 0. The lowest BCUT2D eigenvalue weighted by Crippen LogP contribution is -2.48. The minimum Gasteiger partial charge on any atom is -0.376 e. The number of hydrogen-bond donors (Lipinski definition) is 2. The summed E-state index contributed by atoms with van der Waals surface area (Å²) in [5, 5.41) is 0. The number of nitrogens with two attached hydrogens (primary N) is 1. The van der Waals surface area contributed by atoms with Crippen LogP contribution < -0.4 is 5.73 Å². The Hall–Kier alpha value is 0.230. The standard InChI is InChI=1S/C6H14N2OS/c1-5-4-8(6(7)10)2-3-9-5/h5-6,10H,2-4,7H2,1H3. The zero-order chi connectivity index (χ0) is 7.56. The van der Waals surface area contributed by atoms with Crippen LogP contribution in [0.4, 0.5) is 0 Å². The van der Waals surface area contributed by atoms with E-state index < -0.39 is 0 Å². The van der Waals surface area contributed by atoms with E-state index in [-0.39, 0.29) is 5.50 Å². The molecule has 0 saturated carbocycles. The predicted molar refractivity (Wildman–Crippen MR) is 43.9 cm³/mol. The number of morpholine rings is 1. The number of nitrogens with zero attached hydrogens (tertiary/aromatic N) is 1. The maximum atomic E-state index is 5.56. The number of thiol groups is 1. The van der Waals surface area contributed by atoms with Crippen molar-refractivity contribution in [2.75, 3.05) is 19.7 Å². The van der Waals surface area contributed by atoms with Gasteiger partial charge >= 0.3 is 0 Å². The molecule has 1 saturated heterocycles. The van der Waals surface area contributed by atoms with Crippen molar-refractivity contribution < 1.29 is 4.74 Å². The molecule has 0 spiro atoms. The minimum absolute atomic E-state index is 0.133. The molecule has 2 N–H and O–H groups in total. The second kappa shape index (κ2) is 3.57. The molecule has 1 rings (SSSR count). The Kier molecular flexibility index (Phi) is 2.97. The van der Waals surface area contributed by atoms with E-state index in [2.05, 4.69) is 17.5 Å². The van der Waals surface area contributed by atoms with Gasteiger partial charge in [-0.05, 0) is 6.92 Å². The molecule has 0 aromatic rings. The lowest BCUT2D eigenvalue weighted by molar-refractivity contribution is -0.0213. The van der Waals surface area contributed by atoms with Crippen LogP contribution in [0.15, 0.2) is 0 Å². The molecule has 0 aromatic heterocycles. The van der Waals surface area contributed by atoms with Crippen LogP contribution in [0.5, 0.6) is 0 Å². The Morgan fingerprint density at radius 1 is 1.80 bits per heavy atom. The summed E-state index contributed by atoms with van der Waals surface area (Å²) in [6.07, 6.45) is 0.298. The normalized spacial score (nSPS) is 32.1. The zero-order valence-electron chi connectivity index (χ0n) is 6.16. The van der Waals surface area contributed by atoms with E-state index in [0.29, 0.717) is 6.10 Å². The lowest BCUT2D eigenvalue weighted by atomic mass is 10.3. The van der Waals surface area contributed by atoms with Crippen LogP contribution in [0.3, 0.4) is 0 Å². The first kappa shape index (κ1) is 8.33. The first-order valence-electron chi connectivity index (χ1n) is 3.49. The van der Waals surface area contributed by atoms with Gasteiger partial charge in [-0.15, -0.1) is 12.6 Å². The van der Waals surface area contributed by atoms with E-state index in [4.69, 9.17) is 10.5 Å². The van der Waals surface area contributed by atoms with Crippen LogP contribution in [-0.2, 0) is 4.74 Å². The average molecular weight is 162 g/mol. The molecule has 0 aliphatic carbocycles. The molecule has 2 unspecified atom stereocenters. The van der Waals surface area contributed by atoms with Gasteiger partial charge in [0.1, 0.15) is 5.50 Å². The van der Waals surface area contributed by atoms with E-state index in [1.807, 2.05) is 6.92 Å². The van der Waals surface area contributed by atoms with Gasteiger partial charge < -0.3 is 10.5 Å². The molecule has 3 nitrogen and oxygen atoms in total. The van der Waals surface area contributed by atoms with Gasteiger partial charge in [0.05, 0.1) is 12.7 Å². The van der Waals surface area contributed by atoms with Gasteiger partial charge in [-0.25, -0.2) is 0 Å². The molecule has 1 aliphatic heterocycles. The summed E-state index contributed by atoms with van der Waals surface area (Å²) >= 11 is 4.13. The van der Waals surface area contributed by atoms with Crippen molar-refractivity contribution in [2.45, 2.75) is 18.5 Å². The molecule has 4 heteroatoms. The predicted octanol–water partition coefficient (Wildman–Crippen LogP) is -0.121. The van der Waals surface area contributed by atoms with Gasteiger partial charge in [-0.2, -0.15) is 0 Å². The summed E-state index contributed by atoms with van der Waals surface area (Å²) in [6, 6.07) is 0. The highest BCUT2D eigenvalue weighted by Gasteiger charge is 2.18. The summed E-state index contributed by atoms with van der Waals surface area (Å²) in [5.74, 6) is 0. The Morgan fingerprint density at radius 2 is 2.50 bits per heavy atom. The maximum absolute atomic E-state index is 5.56. The Balaban J connectivity index is 2.32. The average Bonchev–Trinajstić information content (AvgIpc) is 1.88. The number of rotatable bonds is 1. The molecular weight excluding hydrogens is 148 g/mol. The molecule has 1 aliphatic rings. The van der Waals surface area contributed by atoms with Gasteiger partial charge in [-0.1, -0.05) is 0 Å². The van der Waals surface area contributed by atoms with E-state index in [0.717, 1.165) is 19.7 Å². The SMILES string of the molecule is CC1CN(C(N)S)CCO1. The first-order valence-corrected chi connectivity index (χ1v) is 4.01. The van der Waals surface area contributed by atoms with Crippen molar-refractivity contribution in [3.63, 3.8) is 0 Å². The molecular formula is C6H14N2OS. The Labute approximate surface area is 66.9 Å². The highest BCUT2D eigenvalue weighted by Crippen LogP contribution is 2.06. The second-order valence-corrected chi connectivity index (χ2v) is 3.12. The van der Waals surface area contributed by atoms with Gasteiger partial charge in [-0.3, -0.25) is 4.90 Å². The van der Waals surface area contributed by atoms with Crippen molar-refractivity contribution in [3.8, 4) is 0 Å². The molecule has 0 radical (unpaired) electrons. The van der Waals surface area contributed by atoms with Crippen molar-refractivity contribution in [1.29, 1.82) is 0 Å². The summed E-state index contributed by atoms with van der Waals surface area (Å²) in [4.78, 5) is 2.09. The fraction of sp³-hybridized carbons (Fsp3) is 1.00. The van der Waals surface area contributed by atoms with E-state index in [1.54, 1.807) is 0 Å². The van der Waals surface area contributed by atoms with E-state index >= 15 is 0 Å². The fourth-order valence-electron chi connectivity index (χ4n) is 1.09. The summed E-state index contributed by atoms with van der Waals surface area (Å²) in [5.41, 5.74) is 5.43. The molecule has 10 heavy (non-hydrogen) atoms. The second-order valence-electron chi connectivity index (χ2n) is 2.59. The van der Waals surface area contributed by atoms with Gasteiger partial charge in [0.25, 0.3) is 0 Å².